The first kappa shape index (κ1) is 35.2. The lowest BCUT2D eigenvalue weighted by Gasteiger charge is -2.27. The Labute approximate surface area is 358 Å². The summed E-state index contributed by atoms with van der Waals surface area (Å²) >= 11 is 1.87. The molecule has 10 aromatic carbocycles. The van der Waals surface area contributed by atoms with Crippen molar-refractivity contribution in [3.63, 3.8) is 0 Å². The molecule has 0 fully saturated rings. The number of ether oxygens (including phenoxy) is 1. The average molecular weight is 796 g/mol. The Morgan fingerprint density at radius 2 is 0.885 bits per heavy atom. The lowest BCUT2D eigenvalue weighted by molar-refractivity contribution is 0.488. The number of benzene rings is 10. The first-order valence-corrected chi connectivity index (χ1v) is 21.6. The van der Waals surface area contributed by atoms with E-state index < -0.39 is 0 Å². The third-order valence-corrected chi connectivity index (χ3v) is 13.3. The van der Waals surface area contributed by atoms with Gasteiger partial charge in [0.2, 0.25) is 0 Å². The van der Waals surface area contributed by atoms with E-state index in [2.05, 4.69) is 229 Å². The van der Waals surface area contributed by atoms with Gasteiger partial charge in [0.15, 0.2) is 0 Å². The second-order valence-electron chi connectivity index (χ2n) is 15.6. The Morgan fingerprint density at radius 3 is 1.66 bits per heavy atom. The molecule has 11 aromatic rings. The van der Waals surface area contributed by atoms with Crippen molar-refractivity contribution < 1.29 is 4.74 Å². The van der Waals surface area contributed by atoms with Crippen LogP contribution in [0.15, 0.2) is 224 Å². The van der Waals surface area contributed by atoms with Gasteiger partial charge in [0.05, 0.1) is 0 Å². The molecule has 1 aromatic heterocycles. The maximum absolute atomic E-state index is 7.00. The van der Waals surface area contributed by atoms with E-state index in [0.29, 0.717) is 0 Å². The fraction of sp³-hybridized carbons (Fsp3) is 0. The normalized spacial score (nSPS) is 11.7. The predicted molar refractivity (Wildman–Crippen MR) is 259 cm³/mol. The van der Waals surface area contributed by atoms with Crippen LogP contribution in [0.5, 0.6) is 11.5 Å². The summed E-state index contributed by atoms with van der Waals surface area (Å²) < 4.78 is 9.63. The molecule has 0 radical (unpaired) electrons. The number of fused-ring (bicyclic) bond motifs is 9. The SMILES string of the molecule is c1ccc(-c2ccc(N(c3ccc(-c4cccc5c4sc4ccccc45)cc3)c3ccc4c(c3)-c3c(-c5ccccc5)cccc3-c3cc5ccccc5cc3O4)cc2)cc1. The Balaban J connectivity index is 1.04. The van der Waals surface area contributed by atoms with Crippen LogP contribution < -0.4 is 9.64 Å². The van der Waals surface area contributed by atoms with Gasteiger partial charge >= 0.3 is 0 Å². The smallest absolute Gasteiger partial charge is 0.135 e. The largest absolute Gasteiger partial charge is 0.456 e. The van der Waals surface area contributed by atoms with Crippen LogP contribution in [0, 0.1) is 0 Å². The van der Waals surface area contributed by atoms with Crippen molar-refractivity contribution in [2.24, 2.45) is 0 Å². The van der Waals surface area contributed by atoms with Crippen molar-refractivity contribution in [1.29, 1.82) is 0 Å². The van der Waals surface area contributed by atoms with Crippen LogP contribution in [0.3, 0.4) is 0 Å². The third kappa shape index (κ3) is 6.09. The molecule has 1 aliphatic heterocycles. The standard InChI is InChI=1S/C58H37NOS/c1-3-13-38(14-4-1)39-25-29-44(30-26-39)59(45-31-27-41(28-32-45)48-21-12-23-51-49-19-9-10-24-56(49)61-58(48)51)46-33-34-54-53(37-46)57-47(40-15-5-2-6-16-40)20-11-22-50(57)52-35-42-17-7-8-18-43(42)36-55(52)60-54/h1-37H. The lowest BCUT2D eigenvalue weighted by atomic mass is 9.87. The fourth-order valence-electron chi connectivity index (χ4n) is 9.14. The van der Waals surface area contributed by atoms with E-state index >= 15 is 0 Å². The predicted octanol–water partition coefficient (Wildman–Crippen LogP) is 17.1. The molecule has 0 spiro atoms. The first-order valence-electron chi connectivity index (χ1n) is 20.7. The van der Waals surface area contributed by atoms with Gasteiger partial charge in [-0.05, 0) is 110 Å². The van der Waals surface area contributed by atoms with E-state index in [4.69, 9.17) is 4.74 Å². The summed E-state index contributed by atoms with van der Waals surface area (Å²) in [5.41, 5.74) is 14.8. The van der Waals surface area contributed by atoms with Crippen LogP contribution in [0.2, 0.25) is 0 Å². The molecule has 2 heterocycles. The van der Waals surface area contributed by atoms with Crippen molar-refractivity contribution >= 4 is 59.3 Å². The molecule has 0 atom stereocenters. The Morgan fingerprint density at radius 1 is 0.328 bits per heavy atom. The second kappa shape index (κ2) is 14.5. The number of thiophene rings is 1. The van der Waals surface area contributed by atoms with E-state index in [1.807, 2.05) is 11.3 Å². The molecule has 0 saturated heterocycles. The van der Waals surface area contributed by atoms with Crippen LogP contribution in [0.25, 0.3) is 86.6 Å². The maximum Gasteiger partial charge on any atom is 0.135 e. The van der Waals surface area contributed by atoms with E-state index in [1.165, 1.54) is 53.4 Å². The molecule has 0 unspecified atom stereocenters. The van der Waals surface area contributed by atoms with Crippen molar-refractivity contribution in [3.8, 4) is 67.1 Å². The molecule has 0 amide bonds. The number of hydrogen-bond donors (Lipinski definition) is 0. The minimum Gasteiger partial charge on any atom is -0.456 e. The second-order valence-corrected chi connectivity index (χ2v) is 16.7. The maximum atomic E-state index is 7.00. The monoisotopic (exact) mass is 795 g/mol. The van der Waals surface area contributed by atoms with Gasteiger partial charge in [0.25, 0.3) is 0 Å². The van der Waals surface area contributed by atoms with Gasteiger partial charge in [0, 0.05) is 53.9 Å². The van der Waals surface area contributed by atoms with Crippen LogP contribution in [-0.4, -0.2) is 0 Å². The number of hydrogen-bond acceptors (Lipinski definition) is 3. The van der Waals surface area contributed by atoms with Crippen LogP contribution in [-0.2, 0) is 0 Å². The minimum atomic E-state index is 0.827. The highest BCUT2D eigenvalue weighted by Gasteiger charge is 2.26. The molecule has 61 heavy (non-hydrogen) atoms. The number of rotatable bonds is 6. The zero-order chi connectivity index (χ0) is 40.3. The molecule has 286 valence electrons. The minimum absolute atomic E-state index is 0.827. The molecule has 0 aliphatic carbocycles. The molecule has 12 rings (SSSR count). The van der Waals surface area contributed by atoms with Crippen molar-refractivity contribution in [1.82, 2.24) is 0 Å². The first-order chi connectivity index (χ1) is 30.2. The van der Waals surface area contributed by atoms with Gasteiger partial charge in [-0.2, -0.15) is 0 Å². The summed E-state index contributed by atoms with van der Waals surface area (Å²) in [6.45, 7) is 0. The molecule has 1 aliphatic rings. The molecule has 0 saturated carbocycles. The molecular weight excluding hydrogens is 759 g/mol. The Bertz CT molecular complexity index is 3420. The quantitative estimate of drug-likeness (QED) is 0.166. The zero-order valence-electron chi connectivity index (χ0n) is 33.1. The highest BCUT2D eigenvalue weighted by Crippen LogP contribution is 2.53. The molecule has 3 heteroatoms. The molecule has 0 bridgehead atoms. The van der Waals surface area contributed by atoms with Gasteiger partial charge in [0.1, 0.15) is 11.5 Å². The number of nitrogens with zero attached hydrogens (tertiary/aromatic N) is 1. The van der Waals surface area contributed by atoms with Crippen LogP contribution in [0.4, 0.5) is 17.1 Å². The topological polar surface area (TPSA) is 12.5 Å². The Kier molecular flexibility index (Phi) is 8.39. The molecule has 2 nitrogen and oxygen atoms in total. The van der Waals surface area contributed by atoms with Crippen LogP contribution in [0.1, 0.15) is 0 Å². The summed E-state index contributed by atoms with van der Waals surface area (Å²) in [5, 5.41) is 4.95. The number of anilines is 3. The van der Waals surface area contributed by atoms with Gasteiger partial charge in [-0.15, -0.1) is 11.3 Å². The Hall–Kier alpha value is -7.72. The summed E-state index contributed by atoms with van der Waals surface area (Å²) in [4.78, 5) is 2.37. The summed E-state index contributed by atoms with van der Waals surface area (Å²) in [6.07, 6.45) is 0. The summed E-state index contributed by atoms with van der Waals surface area (Å²) in [5.74, 6) is 1.68. The van der Waals surface area contributed by atoms with E-state index in [0.717, 1.165) is 61.8 Å². The zero-order valence-corrected chi connectivity index (χ0v) is 33.9. The molecular formula is C58H37NOS. The van der Waals surface area contributed by atoms with E-state index in [9.17, 15) is 0 Å². The third-order valence-electron chi connectivity index (χ3n) is 12.1. The molecule has 0 N–H and O–H groups in total. The van der Waals surface area contributed by atoms with Crippen molar-refractivity contribution in [3.05, 3.63) is 224 Å². The van der Waals surface area contributed by atoms with Gasteiger partial charge in [-0.1, -0.05) is 164 Å². The van der Waals surface area contributed by atoms with Crippen molar-refractivity contribution in [2.45, 2.75) is 0 Å². The lowest BCUT2D eigenvalue weighted by Crippen LogP contribution is -2.10. The van der Waals surface area contributed by atoms with Crippen LogP contribution >= 0.6 is 11.3 Å². The average Bonchev–Trinajstić information content (AvgIpc) is 3.65. The van der Waals surface area contributed by atoms with Gasteiger partial charge < -0.3 is 9.64 Å². The van der Waals surface area contributed by atoms with E-state index in [-0.39, 0.29) is 0 Å². The summed E-state index contributed by atoms with van der Waals surface area (Å²) in [7, 11) is 0. The highest BCUT2D eigenvalue weighted by atomic mass is 32.1. The van der Waals surface area contributed by atoms with E-state index in [1.54, 1.807) is 0 Å². The summed E-state index contributed by atoms with van der Waals surface area (Å²) in [6, 6.07) is 81.1. The highest BCUT2D eigenvalue weighted by molar-refractivity contribution is 7.26. The fourth-order valence-corrected chi connectivity index (χ4v) is 10.4. The van der Waals surface area contributed by atoms with Gasteiger partial charge in [-0.3, -0.25) is 0 Å². The van der Waals surface area contributed by atoms with Crippen molar-refractivity contribution in [2.75, 3.05) is 4.90 Å². The van der Waals surface area contributed by atoms with Gasteiger partial charge in [-0.25, -0.2) is 0 Å².